The van der Waals surface area contributed by atoms with Crippen LogP contribution in [-0.4, -0.2) is 61.2 Å². The Morgan fingerprint density at radius 2 is 1.67 bits per heavy atom. The maximum atomic E-state index is 13.1. The number of aryl methyl sites for hydroxylation is 4. The zero-order valence-corrected chi connectivity index (χ0v) is 18.1. The van der Waals surface area contributed by atoms with Gasteiger partial charge >= 0.3 is 6.09 Å². The third kappa shape index (κ3) is 3.72. The highest BCUT2D eigenvalue weighted by atomic mass is 16.6. The lowest BCUT2D eigenvalue weighted by atomic mass is 10.1. The summed E-state index contributed by atoms with van der Waals surface area (Å²) in [6, 6.07) is 7.71. The molecule has 2 aliphatic rings. The maximum Gasteiger partial charge on any atom is 0.414 e. The Hall–Kier alpha value is -3.09. The predicted molar refractivity (Wildman–Crippen MR) is 116 cm³/mol. The molecule has 0 unspecified atom stereocenters. The van der Waals surface area contributed by atoms with Crippen molar-refractivity contribution < 1.29 is 14.3 Å². The van der Waals surface area contributed by atoms with Gasteiger partial charge in [-0.05, 0) is 62.6 Å². The quantitative estimate of drug-likeness (QED) is 0.780. The summed E-state index contributed by atoms with van der Waals surface area (Å²) >= 11 is 0. The molecular weight excluding hydrogens is 380 g/mol. The first-order chi connectivity index (χ1) is 14.3. The summed E-state index contributed by atoms with van der Waals surface area (Å²) in [6.45, 7) is 11.9. The number of anilines is 2. The summed E-state index contributed by atoms with van der Waals surface area (Å²) in [4.78, 5) is 35.4. The molecule has 2 amide bonds. The van der Waals surface area contributed by atoms with Gasteiger partial charge in [0.15, 0.2) is 0 Å². The van der Waals surface area contributed by atoms with Crippen LogP contribution in [-0.2, 0) is 4.74 Å². The zero-order chi connectivity index (χ0) is 21.4. The maximum absolute atomic E-state index is 13.1. The number of amides is 2. The summed E-state index contributed by atoms with van der Waals surface area (Å²) in [6.07, 6.45) is -0.333. The molecule has 0 saturated carbocycles. The van der Waals surface area contributed by atoms with E-state index >= 15 is 0 Å². The molecule has 0 spiro atoms. The smallest absolute Gasteiger partial charge is 0.414 e. The van der Waals surface area contributed by atoms with Gasteiger partial charge in [0.05, 0.1) is 6.54 Å². The number of benzene rings is 1. The van der Waals surface area contributed by atoms with Crippen LogP contribution in [0.2, 0.25) is 0 Å². The molecule has 7 heteroatoms. The second-order valence-electron chi connectivity index (χ2n) is 8.08. The van der Waals surface area contributed by atoms with Crippen LogP contribution >= 0.6 is 0 Å². The predicted octanol–water partition coefficient (Wildman–Crippen LogP) is 3.23. The van der Waals surface area contributed by atoms with Crippen LogP contribution < -0.4 is 9.80 Å². The van der Waals surface area contributed by atoms with Crippen molar-refractivity contribution in [3.8, 4) is 0 Å². The normalized spacial score (nSPS) is 16.8. The average Bonchev–Trinajstić information content (AvgIpc) is 3.16. The molecule has 0 radical (unpaired) electrons. The Morgan fingerprint density at radius 1 is 0.933 bits per heavy atom. The van der Waals surface area contributed by atoms with Crippen molar-refractivity contribution in [1.29, 1.82) is 0 Å². The molecule has 30 heavy (non-hydrogen) atoms. The Balaban J connectivity index is 1.44. The Bertz CT molecular complexity index is 996. The molecule has 1 aromatic carbocycles. The van der Waals surface area contributed by atoms with Crippen LogP contribution in [0.5, 0.6) is 0 Å². The van der Waals surface area contributed by atoms with E-state index in [4.69, 9.17) is 9.72 Å². The number of cyclic esters (lactones) is 1. The highest BCUT2D eigenvalue weighted by molar-refractivity contribution is 5.97. The van der Waals surface area contributed by atoms with E-state index in [9.17, 15) is 9.59 Å². The second-order valence-corrected chi connectivity index (χ2v) is 8.08. The summed E-state index contributed by atoms with van der Waals surface area (Å²) in [7, 11) is 0. The number of carbonyl (C=O) groups is 2. The number of hydrogen-bond donors (Lipinski definition) is 0. The number of rotatable bonds is 3. The summed E-state index contributed by atoms with van der Waals surface area (Å²) in [5.41, 5.74) is 5.74. The van der Waals surface area contributed by atoms with Gasteiger partial charge in [0, 0.05) is 43.1 Å². The molecule has 4 rings (SSSR count). The molecule has 3 heterocycles. The molecule has 2 aliphatic heterocycles. The molecule has 0 aliphatic carbocycles. The number of piperazine rings is 1. The monoisotopic (exact) mass is 408 g/mol. The second kappa shape index (κ2) is 7.97. The molecular formula is C23H28N4O3. The fourth-order valence-corrected chi connectivity index (χ4v) is 4.12. The van der Waals surface area contributed by atoms with E-state index in [-0.39, 0.29) is 12.0 Å². The first-order valence-electron chi connectivity index (χ1n) is 10.4. The number of hydrogen-bond acceptors (Lipinski definition) is 5. The van der Waals surface area contributed by atoms with Crippen LogP contribution in [0, 0.1) is 27.7 Å². The van der Waals surface area contributed by atoms with E-state index in [1.807, 2.05) is 36.9 Å². The third-order valence-corrected chi connectivity index (χ3v) is 6.01. The van der Waals surface area contributed by atoms with E-state index in [0.29, 0.717) is 31.8 Å². The summed E-state index contributed by atoms with van der Waals surface area (Å²) < 4.78 is 5.00. The lowest BCUT2D eigenvalue weighted by Crippen LogP contribution is -2.49. The first-order valence-corrected chi connectivity index (χ1v) is 10.4. The fourth-order valence-electron chi connectivity index (χ4n) is 4.12. The van der Waals surface area contributed by atoms with Gasteiger partial charge in [0.1, 0.15) is 12.4 Å². The number of ether oxygens (including phenoxy) is 1. The molecule has 0 N–H and O–H groups in total. The lowest BCUT2D eigenvalue weighted by Gasteiger charge is -2.36. The molecule has 0 atom stereocenters. The molecule has 2 aromatic rings. The third-order valence-electron chi connectivity index (χ3n) is 6.01. The van der Waals surface area contributed by atoms with Crippen LogP contribution in [0.25, 0.3) is 0 Å². The molecule has 1 aromatic heterocycles. The van der Waals surface area contributed by atoms with Gasteiger partial charge in [0.2, 0.25) is 0 Å². The minimum Gasteiger partial charge on any atom is -0.447 e. The SMILES string of the molecule is Cc1cc(N2CCOC2=O)ccc1C(=O)N1CCN(c2nc(C)c(C)cc2C)CC1. The zero-order valence-electron chi connectivity index (χ0n) is 18.1. The van der Waals surface area contributed by atoms with Gasteiger partial charge in [-0.15, -0.1) is 0 Å². The van der Waals surface area contributed by atoms with Crippen molar-refractivity contribution in [2.24, 2.45) is 0 Å². The minimum atomic E-state index is -0.333. The minimum absolute atomic E-state index is 0.0347. The molecule has 2 saturated heterocycles. The summed E-state index contributed by atoms with van der Waals surface area (Å²) in [5.74, 6) is 1.05. The van der Waals surface area contributed by atoms with Crippen molar-refractivity contribution in [2.45, 2.75) is 27.7 Å². The van der Waals surface area contributed by atoms with Crippen LogP contribution in [0.4, 0.5) is 16.3 Å². The van der Waals surface area contributed by atoms with E-state index in [0.717, 1.165) is 35.9 Å². The molecule has 7 nitrogen and oxygen atoms in total. The fraction of sp³-hybridized carbons (Fsp3) is 0.435. The Kier molecular flexibility index (Phi) is 5.37. The van der Waals surface area contributed by atoms with E-state index in [2.05, 4.69) is 24.8 Å². The number of pyridine rings is 1. The number of nitrogens with zero attached hydrogens (tertiary/aromatic N) is 4. The standard InChI is InChI=1S/C23H28N4O3/c1-15-13-17(3)21(24-18(15)4)25-7-9-26(10-8-25)22(28)20-6-5-19(14-16(20)2)27-11-12-30-23(27)29/h5-6,13-14H,7-12H2,1-4H3. The Morgan fingerprint density at radius 3 is 2.30 bits per heavy atom. The van der Waals surface area contributed by atoms with Gasteiger partial charge in [-0.1, -0.05) is 6.07 Å². The lowest BCUT2D eigenvalue weighted by molar-refractivity contribution is 0.0745. The molecule has 2 fully saturated rings. The summed E-state index contributed by atoms with van der Waals surface area (Å²) in [5, 5.41) is 0. The van der Waals surface area contributed by atoms with Crippen molar-refractivity contribution in [3.63, 3.8) is 0 Å². The van der Waals surface area contributed by atoms with Crippen molar-refractivity contribution >= 4 is 23.5 Å². The number of carbonyl (C=O) groups excluding carboxylic acids is 2. The van der Waals surface area contributed by atoms with E-state index < -0.39 is 0 Å². The molecule has 0 bridgehead atoms. The van der Waals surface area contributed by atoms with E-state index in [1.165, 1.54) is 11.1 Å². The van der Waals surface area contributed by atoms with E-state index in [1.54, 1.807) is 4.90 Å². The first kappa shape index (κ1) is 20.2. The Labute approximate surface area is 177 Å². The van der Waals surface area contributed by atoms with Crippen molar-refractivity contribution in [3.05, 3.63) is 52.2 Å². The average molecular weight is 409 g/mol. The van der Waals surface area contributed by atoms with Crippen molar-refractivity contribution in [2.75, 3.05) is 49.1 Å². The highest BCUT2D eigenvalue weighted by Crippen LogP contribution is 2.25. The van der Waals surface area contributed by atoms with Gasteiger partial charge < -0.3 is 14.5 Å². The van der Waals surface area contributed by atoms with Gasteiger partial charge in [-0.3, -0.25) is 9.69 Å². The number of aromatic nitrogens is 1. The van der Waals surface area contributed by atoms with Crippen LogP contribution in [0.1, 0.15) is 32.7 Å². The van der Waals surface area contributed by atoms with Gasteiger partial charge in [-0.2, -0.15) is 0 Å². The van der Waals surface area contributed by atoms with Crippen molar-refractivity contribution in [1.82, 2.24) is 9.88 Å². The highest BCUT2D eigenvalue weighted by Gasteiger charge is 2.27. The van der Waals surface area contributed by atoms with Crippen LogP contribution in [0.15, 0.2) is 24.3 Å². The largest absolute Gasteiger partial charge is 0.447 e. The van der Waals surface area contributed by atoms with Crippen LogP contribution in [0.3, 0.4) is 0 Å². The topological polar surface area (TPSA) is 66.0 Å². The van der Waals surface area contributed by atoms with Gasteiger partial charge in [-0.25, -0.2) is 9.78 Å². The van der Waals surface area contributed by atoms with Gasteiger partial charge in [0.25, 0.3) is 5.91 Å². The molecule has 158 valence electrons.